The Bertz CT molecular complexity index is 538. The van der Waals surface area contributed by atoms with E-state index in [1.54, 1.807) is 0 Å². The van der Waals surface area contributed by atoms with Gasteiger partial charge < -0.3 is 10.0 Å². The highest BCUT2D eigenvalue weighted by molar-refractivity contribution is 7.91. The lowest BCUT2D eigenvalue weighted by molar-refractivity contribution is 0.0687. The van der Waals surface area contributed by atoms with Gasteiger partial charge in [0, 0.05) is 6.54 Å². The molecule has 1 aromatic rings. The molecule has 9 heteroatoms. The largest absolute Gasteiger partial charge is 0.476 e. The number of nitrogens with zero attached hydrogens (tertiary/aromatic N) is 2. The fourth-order valence-corrected chi connectivity index (χ4v) is 3.94. The summed E-state index contributed by atoms with van der Waals surface area (Å²) in [5, 5.41) is 8.87. The molecule has 2 N–H and O–H groups in total. The third-order valence-corrected chi connectivity index (χ3v) is 5.65. The Kier molecular flexibility index (Phi) is 6.53. The predicted octanol–water partition coefficient (Wildman–Crippen LogP) is 0.851. The van der Waals surface area contributed by atoms with E-state index in [1.807, 2.05) is 13.8 Å². The van der Waals surface area contributed by atoms with E-state index >= 15 is 0 Å². The molecule has 0 saturated carbocycles. The molecule has 7 nitrogen and oxygen atoms in total. The van der Waals surface area contributed by atoms with Crippen LogP contribution < -0.4 is 4.72 Å². The average Bonchev–Trinajstić information content (AvgIpc) is 2.89. The van der Waals surface area contributed by atoms with E-state index in [1.165, 1.54) is 5.51 Å². The maximum atomic E-state index is 12.0. The highest BCUT2D eigenvalue weighted by Gasteiger charge is 2.25. The summed E-state index contributed by atoms with van der Waals surface area (Å²) in [7, 11) is -3.80. The molecule has 0 spiro atoms. The molecule has 0 saturated heterocycles. The molecular formula is C11H19N3O4S2. The zero-order valence-electron chi connectivity index (χ0n) is 11.5. The second-order valence-electron chi connectivity index (χ2n) is 4.07. The molecule has 0 atom stereocenters. The van der Waals surface area contributed by atoms with Gasteiger partial charge in [-0.2, -0.15) is 0 Å². The minimum absolute atomic E-state index is 0.243. The minimum Gasteiger partial charge on any atom is -0.476 e. The Morgan fingerprint density at radius 2 is 2.10 bits per heavy atom. The highest BCUT2D eigenvalue weighted by Crippen LogP contribution is 2.19. The van der Waals surface area contributed by atoms with Gasteiger partial charge in [0.15, 0.2) is 9.90 Å². The van der Waals surface area contributed by atoms with Gasteiger partial charge in [0.1, 0.15) is 0 Å². The summed E-state index contributed by atoms with van der Waals surface area (Å²) in [6.45, 7) is 7.00. The van der Waals surface area contributed by atoms with Gasteiger partial charge in [-0.1, -0.05) is 13.8 Å². The van der Waals surface area contributed by atoms with Gasteiger partial charge in [-0.05, 0) is 26.1 Å². The number of aromatic carboxylic acids is 1. The van der Waals surface area contributed by atoms with Gasteiger partial charge in [0.2, 0.25) is 0 Å². The van der Waals surface area contributed by atoms with Crippen molar-refractivity contribution in [3.63, 3.8) is 0 Å². The maximum absolute atomic E-state index is 12.0. The number of aromatic nitrogens is 1. The van der Waals surface area contributed by atoms with Crippen LogP contribution >= 0.6 is 11.3 Å². The number of nitrogens with one attached hydrogen (secondary N) is 1. The summed E-state index contributed by atoms with van der Waals surface area (Å²) in [6, 6.07) is 0. The van der Waals surface area contributed by atoms with Crippen molar-refractivity contribution in [2.45, 2.75) is 24.5 Å². The quantitative estimate of drug-likeness (QED) is 0.654. The number of hydrogen-bond acceptors (Lipinski definition) is 6. The van der Waals surface area contributed by atoms with Crippen LogP contribution in [0.4, 0.5) is 0 Å². The van der Waals surface area contributed by atoms with E-state index in [2.05, 4.69) is 14.6 Å². The number of thiazole rings is 1. The Balaban J connectivity index is 2.58. The Labute approximate surface area is 122 Å². The summed E-state index contributed by atoms with van der Waals surface area (Å²) in [6.07, 6.45) is 0.669. The first kappa shape index (κ1) is 17.0. The second-order valence-corrected chi connectivity index (χ2v) is 6.89. The van der Waals surface area contributed by atoms with Gasteiger partial charge in [-0.25, -0.2) is 22.9 Å². The van der Waals surface area contributed by atoms with Crippen LogP contribution in [0.15, 0.2) is 9.72 Å². The first-order valence-corrected chi connectivity index (χ1v) is 8.67. The molecule has 0 aliphatic heterocycles. The van der Waals surface area contributed by atoms with Gasteiger partial charge in [-0.3, -0.25) is 0 Å². The minimum atomic E-state index is -3.80. The zero-order chi connectivity index (χ0) is 15.2. The van der Waals surface area contributed by atoms with Crippen molar-refractivity contribution < 1.29 is 18.3 Å². The monoisotopic (exact) mass is 321 g/mol. The average molecular weight is 321 g/mol. The van der Waals surface area contributed by atoms with Crippen molar-refractivity contribution >= 4 is 27.3 Å². The summed E-state index contributed by atoms with van der Waals surface area (Å²) >= 11 is 0.805. The van der Waals surface area contributed by atoms with Gasteiger partial charge in [-0.15, -0.1) is 11.3 Å². The van der Waals surface area contributed by atoms with Crippen LogP contribution in [-0.2, 0) is 10.0 Å². The third kappa shape index (κ3) is 4.51. The molecule has 1 heterocycles. The van der Waals surface area contributed by atoms with Crippen molar-refractivity contribution in [3.8, 4) is 0 Å². The Hall–Kier alpha value is -1.03. The van der Waals surface area contributed by atoms with E-state index in [0.29, 0.717) is 6.42 Å². The molecule has 1 aromatic heterocycles. The summed E-state index contributed by atoms with van der Waals surface area (Å²) in [5.74, 6) is -1.34. The highest BCUT2D eigenvalue weighted by atomic mass is 32.2. The predicted molar refractivity (Wildman–Crippen MR) is 76.7 cm³/mol. The third-order valence-electron chi connectivity index (χ3n) is 2.82. The standard InChI is InChI=1S/C11H19N3O4S2/c1-3-14(4-2)7-5-6-13-20(17,18)11-9(10(15)16)12-8-19-11/h8,13H,3-7H2,1-2H3,(H,15,16). The van der Waals surface area contributed by atoms with E-state index in [4.69, 9.17) is 5.11 Å². The molecule has 0 fully saturated rings. The van der Waals surface area contributed by atoms with Crippen molar-refractivity contribution in [2.24, 2.45) is 0 Å². The van der Waals surface area contributed by atoms with E-state index in [-0.39, 0.29) is 10.8 Å². The number of carboxylic acids is 1. The molecule has 0 bridgehead atoms. The van der Waals surface area contributed by atoms with Crippen LogP contribution in [0.2, 0.25) is 0 Å². The lowest BCUT2D eigenvalue weighted by Gasteiger charge is -2.17. The molecule has 0 radical (unpaired) electrons. The van der Waals surface area contributed by atoms with Gasteiger partial charge in [0.25, 0.3) is 10.0 Å². The number of carboxylic acid groups (broad SMARTS) is 1. The van der Waals surface area contributed by atoms with Gasteiger partial charge >= 0.3 is 5.97 Å². The van der Waals surface area contributed by atoms with Crippen LogP contribution in [0.1, 0.15) is 30.8 Å². The summed E-state index contributed by atoms with van der Waals surface area (Å²) in [4.78, 5) is 16.6. The van der Waals surface area contributed by atoms with Crippen LogP contribution in [-0.4, -0.2) is 55.6 Å². The van der Waals surface area contributed by atoms with Crippen LogP contribution in [0, 0.1) is 0 Å². The first-order valence-electron chi connectivity index (χ1n) is 6.31. The number of sulfonamides is 1. The smallest absolute Gasteiger partial charge is 0.356 e. The van der Waals surface area contributed by atoms with E-state index in [9.17, 15) is 13.2 Å². The summed E-state index contributed by atoms with van der Waals surface area (Å²) < 4.78 is 26.1. The first-order chi connectivity index (χ1) is 9.42. The Morgan fingerprint density at radius 1 is 1.45 bits per heavy atom. The molecule has 20 heavy (non-hydrogen) atoms. The van der Waals surface area contributed by atoms with E-state index in [0.717, 1.165) is 31.0 Å². The van der Waals surface area contributed by atoms with Gasteiger partial charge in [0.05, 0.1) is 5.51 Å². The fourth-order valence-electron chi connectivity index (χ4n) is 1.68. The molecule has 0 aromatic carbocycles. The molecule has 0 aliphatic carbocycles. The molecule has 0 amide bonds. The van der Waals surface area contributed by atoms with E-state index < -0.39 is 21.7 Å². The molecule has 1 rings (SSSR count). The lowest BCUT2D eigenvalue weighted by atomic mass is 10.4. The van der Waals surface area contributed by atoms with Crippen molar-refractivity contribution in [1.82, 2.24) is 14.6 Å². The number of carbonyl (C=O) groups is 1. The molecule has 0 aliphatic rings. The molecule has 0 unspecified atom stereocenters. The van der Waals surface area contributed by atoms with Crippen LogP contribution in [0.25, 0.3) is 0 Å². The van der Waals surface area contributed by atoms with Crippen molar-refractivity contribution in [2.75, 3.05) is 26.2 Å². The normalized spacial score (nSPS) is 11.9. The zero-order valence-corrected chi connectivity index (χ0v) is 13.1. The Morgan fingerprint density at radius 3 is 2.65 bits per heavy atom. The topological polar surface area (TPSA) is 99.6 Å². The second kappa shape index (κ2) is 7.67. The summed E-state index contributed by atoms with van der Waals surface area (Å²) in [5.41, 5.74) is 0.791. The fraction of sp³-hybridized carbons (Fsp3) is 0.636. The number of rotatable bonds is 9. The van der Waals surface area contributed by atoms with Crippen molar-refractivity contribution in [3.05, 3.63) is 11.2 Å². The van der Waals surface area contributed by atoms with Crippen LogP contribution in [0.3, 0.4) is 0 Å². The van der Waals surface area contributed by atoms with Crippen LogP contribution in [0.5, 0.6) is 0 Å². The lowest BCUT2D eigenvalue weighted by Crippen LogP contribution is -2.30. The molecule has 114 valence electrons. The number of hydrogen-bond donors (Lipinski definition) is 2. The molecular weight excluding hydrogens is 302 g/mol. The van der Waals surface area contributed by atoms with Crippen molar-refractivity contribution in [1.29, 1.82) is 0 Å². The SMILES string of the molecule is CCN(CC)CCCNS(=O)(=O)c1scnc1C(=O)O. The maximum Gasteiger partial charge on any atom is 0.356 e.